The predicted molar refractivity (Wildman–Crippen MR) is 80.6 cm³/mol. The Morgan fingerprint density at radius 2 is 1.35 bits per heavy atom. The lowest BCUT2D eigenvalue weighted by molar-refractivity contribution is 0.0338. The highest BCUT2D eigenvalue weighted by Gasteiger charge is 2.18. The molecule has 118 valence electrons. The van der Waals surface area contributed by atoms with Gasteiger partial charge in [-0.15, -0.1) is 0 Å². The van der Waals surface area contributed by atoms with E-state index in [-0.39, 0.29) is 16.7 Å². The molecule has 2 N–H and O–H groups in total. The van der Waals surface area contributed by atoms with Crippen molar-refractivity contribution in [1.82, 2.24) is 0 Å². The third-order valence-corrected chi connectivity index (χ3v) is 3.22. The zero-order valence-electron chi connectivity index (χ0n) is 12.2. The van der Waals surface area contributed by atoms with Crippen molar-refractivity contribution in [2.45, 2.75) is 13.0 Å². The van der Waals surface area contributed by atoms with Crippen LogP contribution in [0.5, 0.6) is 0 Å². The van der Waals surface area contributed by atoms with Gasteiger partial charge in [-0.2, -0.15) is 0 Å². The zero-order chi connectivity index (χ0) is 17.0. The van der Waals surface area contributed by atoms with E-state index in [1.807, 2.05) is 6.07 Å². The van der Waals surface area contributed by atoms with Crippen molar-refractivity contribution in [3.63, 3.8) is 0 Å². The van der Waals surface area contributed by atoms with Crippen molar-refractivity contribution in [3.05, 3.63) is 70.8 Å². The van der Waals surface area contributed by atoms with Crippen molar-refractivity contribution in [2.75, 3.05) is 0 Å². The number of carbonyl (C=O) groups excluding carboxylic acids is 1. The number of rotatable bonds is 5. The third-order valence-electron chi connectivity index (χ3n) is 3.22. The highest BCUT2D eigenvalue weighted by Crippen LogP contribution is 2.19. The fourth-order valence-electron chi connectivity index (χ4n) is 2.01. The molecule has 0 amide bonds. The van der Waals surface area contributed by atoms with Gasteiger partial charge in [0.15, 0.2) is 0 Å². The summed E-state index contributed by atoms with van der Waals surface area (Å²) in [5.41, 5.74) is 0.0761. The molecule has 2 aromatic carbocycles. The van der Waals surface area contributed by atoms with E-state index in [2.05, 4.69) is 0 Å². The van der Waals surface area contributed by atoms with Gasteiger partial charge in [0.05, 0.1) is 16.7 Å². The summed E-state index contributed by atoms with van der Waals surface area (Å²) in [5, 5.41) is 18.0. The molecule has 0 bridgehead atoms. The molecule has 0 heterocycles. The van der Waals surface area contributed by atoms with E-state index in [0.29, 0.717) is 0 Å². The van der Waals surface area contributed by atoms with Gasteiger partial charge in [-0.05, 0) is 30.7 Å². The number of esters is 1. The molecule has 0 spiro atoms. The Morgan fingerprint density at radius 3 is 1.83 bits per heavy atom. The molecule has 23 heavy (non-hydrogen) atoms. The summed E-state index contributed by atoms with van der Waals surface area (Å²) < 4.78 is 5.27. The number of hydrogen-bond donors (Lipinski definition) is 2. The maximum absolute atomic E-state index is 12.2. The van der Waals surface area contributed by atoms with Crippen molar-refractivity contribution in [1.29, 1.82) is 0 Å². The van der Waals surface area contributed by atoms with Crippen LogP contribution in [0.3, 0.4) is 0 Å². The minimum absolute atomic E-state index is 0.120. The molecule has 0 fully saturated rings. The zero-order valence-corrected chi connectivity index (χ0v) is 12.2. The Bertz CT molecular complexity index is 719. The number of hydrogen-bond acceptors (Lipinski definition) is 4. The summed E-state index contributed by atoms with van der Waals surface area (Å²) in [6, 6.07) is 12.2. The van der Waals surface area contributed by atoms with Gasteiger partial charge in [-0.1, -0.05) is 30.3 Å². The van der Waals surface area contributed by atoms with Crippen LogP contribution < -0.4 is 0 Å². The normalized spacial score (nSPS) is 11.5. The van der Waals surface area contributed by atoms with Crippen LogP contribution in [-0.2, 0) is 4.74 Å². The number of benzene rings is 2. The quantitative estimate of drug-likeness (QED) is 0.823. The molecular weight excluding hydrogens is 300 g/mol. The van der Waals surface area contributed by atoms with E-state index < -0.39 is 24.0 Å². The Kier molecular flexibility index (Phi) is 4.75. The molecule has 2 rings (SSSR count). The van der Waals surface area contributed by atoms with Crippen LogP contribution in [0.2, 0.25) is 0 Å². The predicted octanol–water partition coefficient (Wildman–Crippen LogP) is 3.00. The monoisotopic (exact) mass is 314 g/mol. The van der Waals surface area contributed by atoms with E-state index >= 15 is 0 Å². The third kappa shape index (κ3) is 3.94. The van der Waals surface area contributed by atoms with Gasteiger partial charge in [-0.25, -0.2) is 14.4 Å². The first kappa shape index (κ1) is 16.2. The Balaban J connectivity index is 2.28. The lowest BCUT2D eigenvalue weighted by Gasteiger charge is -2.14. The van der Waals surface area contributed by atoms with Gasteiger partial charge < -0.3 is 14.9 Å². The van der Waals surface area contributed by atoms with Crippen LogP contribution in [-0.4, -0.2) is 28.1 Å². The van der Waals surface area contributed by atoms with Crippen LogP contribution in [0.25, 0.3) is 0 Å². The fraction of sp³-hybridized carbons (Fsp3) is 0.118. The van der Waals surface area contributed by atoms with E-state index in [1.54, 1.807) is 31.2 Å². The molecule has 0 radical (unpaired) electrons. The van der Waals surface area contributed by atoms with Gasteiger partial charge in [0, 0.05) is 0 Å². The number of carbonyl (C=O) groups is 3. The van der Waals surface area contributed by atoms with Crippen LogP contribution in [0.4, 0.5) is 0 Å². The molecular formula is C17H14O6. The van der Waals surface area contributed by atoms with E-state index in [1.165, 1.54) is 0 Å². The number of carboxylic acids is 2. The molecule has 1 unspecified atom stereocenters. The average molecular weight is 314 g/mol. The van der Waals surface area contributed by atoms with Gasteiger partial charge >= 0.3 is 17.9 Å². The molecule has 0 aliphatic rings. The Morgan fingerprint density at radius 1 is 0.870 bits per heavy atom. The SMILES string of the molecule is CC(OC(=O)c1cc(C(=O)O)cc(C(=O)O)c1)c1ccccc1. The minimum atomic E-state index is -1.32. The van der Waals surface area contributed by atoms with Crippen LogP contribution >= 0.6 is 0 Å². The second-order valence-electron chi connectivity index (χ2n) is 4.87. The summed E-state index contributed by atoms with van der Waals surface area (Å²) in [6.07, 6.45) is -0.550. The van der Waals surface area contributed by atoms with Crippen molar-refractivity contribution in [2.24, 2.45) is 0 Å². The average Bonchev–Trinajstić information content (AvgIpc) is 2.55. The highest BCUT2D eigenvalue weighted by atomic mass is 16.5. The molecule has 2 aromatic rings. The number of carboxylic acid groups (broad SMARTS) is 2. The lowest BCUT2D eigenvalue weighted by Crippen LogP contribution is -2.12. The molecule has 0 aliphatic heterocycles. The summed E-state index contributed by atoms with van der Waals surface area (Å²) in [7, 11) is 0. The second-order valence-corrected chi connectivity index (χ2v) is 4.87. The van der Waals surface area contributed by atoms with Crippen LogP contribution in [0.15, 0.2) is 48.5 Å². The van der Waals surface area contributed by atoms with E-state index in [9.17, 15) is 14.4 Å². The Hall–Kier alpha value is -3.15. The second kappa shape index (κ2) is 6.74. The molecule has 0 aromatic heterocycles. The highest BCUT2D eigenvalue weighted by molar-refractivity contribution is 5.99. The maximum Gasteiger partial charge on any atom is 0.338 e. The van der Waals surface area contributed by atoms with Crippen molar-refractivity contribution >= 4 is 17.9 Å². The summed E-state index contributed by atoms with van der Waals surface area (Å²) in [4.78, 5) is 34.3. The van der Waals surface area contributed by atoms with Crippen LogP contribution in [0, 0.1) is 0 Å². The van der Waals surface area contributed by atoms with Gasteiger partial charge in [-0.3, -0.25) is 0 Å². The number of aromatic carboxylic acids is 2. The molecule has 0 saturated heterocycles. The van der Waals surface area contributed by atoms with Crippen LogP contribution in [0.1, 0.15) is 49.7 Å². The van der Waals surface area contributed by atoms with Gasteiger partial charge in [0.1, 0.15) is 6.10 Å². The largest absolute Gasteiger partial charge is 0.478 e. The first-order valence-electron chi connectivity index (χ1n) is 6.76. The smallest absolute Gasteiger partial charge is 0.338 e. The molecule has 0 saturated carbocycles. The molecule has 6 heteroatoms. The standard InChI is InChI=1S/C17H14O6/c1-10(11-5-3-2-4-6-11)23-17(22)14-8-12(15(18)19)7-13(9-14)16(20)21/h2-10H,1H3,(H,18,19)(H,20,21). The first-order chi connectivity index (χ1) is 10.9. The van der Waals surface area contributed by atoms with Gasteiger partial charge in [0.25, 0.3) is 0 Å². The van der Waals surface area contributed by atoms with Crippen molar-refractivity contribution in [3.8, 4) is 0 Å². The fourth-order valence-corrected chi connectivity index (χ4v) is 2.01. The minimum Gasteiger partial charge on any atom is -0.478 e. The summed E-state index contributed by atoms with van der Waals surface area (Å²) in [6.45, 7) is 1.67. The number of ether oxygens (including phenoxy) is 1. The molecule has 0 aliphatic carbocycles. The van der Waals surface area contributed by atoms with Gasteiger partial charge in [0.2, 0.25) is 0 Å². The van der Waals surface area contributed by atoms with Crippen molar-refractivity contribution < 1.29 is 29.3 Å². The molecule has 6 nitrogen and oxygen atoms in total. The van der Waals surface area contributed by atoms with E-state index in [0.717, 1.165) is 23.8 Å². The van der Waals surface area contributed by atoms with E-state index in [4.69, 9.17) is 14.9 Å². The Labute approximate surface area is 131 Å². The molecule has 1 atom stereocenters. The topological polar surface area (TPSA) is 101 Å². The summed E-state index contributed by atoms with van der Waals surface area (Å²) >= 11 is 0. The lowest BCUT2D eigenvalue weighted by atomic mass is 10.1. The maximum atomic E-state index is 12.2. The first-order valence-corrected chi connectivity index (χ1v) is 6.76. The summed E-state index contributed by atoms with van der Waals surface area (Å²) in [5.74, 6) is -3.43.